The molecule has 2 N–H and O–H groups in total. The monoisotopic (exact) mass is 223 g/mol. The molecule has 0 saturated heterocycles. The van der Waals surface area contributed by atoms with E-state index in [2.05, 4.69) is 5.10 Å². The first-order valence-corrected chi connectivity index (χ1v) is 4.82. The van der Waals surface area contributed by atoms with Crippen LogP contribution in [0.5, 0.6) is 0 Å². The standard InChI is InChI=1S/C11H11F2N3/c1-7-8(5-14)6-16(15-7)11-4-9(12)2-3-10(11)13/h2-4,6H,5,14H2,1H3. The molecule has 2 aromatic rings. The van der Waals surface area contributed by atoms with Gasteiger partial charge < -0.3 is 5.73 Å². The van der Waals surface area contributed by atoms with Crippen LogP contribution >= 0.6 is 0 Å². The molecule has 1 aromatic carbocycles. The van der Waals surface area contributed by atoms with Crippen LogP contribution in [0, 0.1) is 18.6 Å². The molecule has 0 spiro atoms. The summed E-state index contributed by atoms with van der Waals surface area (Å²) >= 11 is 0. The smallest absolute Gasteiger partial charge is 0.149 e. The SMILES string of the molecule is Cc1nn(-c2cc(F)ccc2F)cc1CN. The number of benzene rings is 1. The molecule has 16 heavy (non-hydrogen) atoms. The lowest BCUT2D eigenvalue weighted by Gasteiger charge is -2.02. The van der Waals surface area contributed by atoms with Gasteiger partial charge in [0, 0.05) is 24.4 Å². The van der Waals surface area contributed by atoms with Gasteiger partial charge in [-0.3, -0.25) is 0 Å². The van der Waals surface area contributed by atoms with Crippen LogP contribution in [0.4, 0.5) is 8.78 Å². The number of rotatable bonds is 2. The second kappa shape index (κ2) is 4.02. The molecule has 2 rings (SSSR count). The van der Waals surface area contributed by atoms with Crippen LogP contribution in [0.1, 0.15) is 11.3 Å². The lowest BCUT2D eigenvalue weighted by molar-refractivity contribution is 0.586. The van der Waals surface area contributed by atoms with Gasteiger partial charge in [-0.25, -0.2) is 13.5 Å². The summed E-state index contributed by atoms with van der Waals surface area (Å²) < 4.78 is 27.7. The van der Waals surface area contributed by atoms with E-state index in [9.17, 15) is 8.78 Å². The zero-order valence-corrected chi connectivity index (χ0v) is 8.74. The highest BCUT2D eigenvalue weighted by Gasteiger charge is 2.09. The molecule has 0 unspecified atom stereocenters. The van der Waals surface area contributed by atoms with Crippen molar-refractivity contribution in [3.63, 3.8) is 0 Å². The van der Waals surface area contributed by atoms with Gasteiger partial charge in [0.25, 0.3) is 0 Å². The minimum absolute atomic E-state index is 0.0859. The zero-order chi connectivity index (χ0) is 11.7. The number of aryl methyl sites for hydroxylation is 1. The Hall–Kier alpha value is -1.75. The number of halogens is 2. The predicted octanol–water partition coefficient (Wildman–Crippen LogP) is 1.92. The van der Waals surface area contributed by atoms with Crippen molar-refractivity contribution in [1.82, 2.24) is 9.78 Å². The molecule has 0 aliphatic rings. The van der Waals surface area contributed by atoms with Crippen molar-refractivity contribution < 1.29 is 8.78 Å². The minimum Gasteiger partial charge on any atom is -0.326 e. The first-order chi connectivity index (χ1) is 7.61. The number of aromatic nitrogens is 2. The van der Waals surface area contributed by atoms with E-state index in [1.807, 2.05) is 0 Å². The molecule has 0 fully saturated rings. The third kappa shape index (κ3) is 1.81. The molecule has 1 aromatic heterocycles. The maximum absolute atomic E-state index is 13.4. The molecule has 0 radical (unpaired) electrons. The van der Waals surface area contributed by atoms with E-state index in [-0.39, 0.29) is 5.69 Å². The van der Waals surface area contributed by atoms with Crippen LogP contribution in [-0.4, -0.2) is 9.78 Å². The molecular formula is C11H11F2N3. The highest BCUT2D eigenvalue weighted by molar-refractivity contribution is 5.34. The molecule has 0 bridgehead atoms. The van der Waals surface area contributed by atoms with Crippen LogP contribution in [0.3, 0.4) is 0 Å². The molecule has 1 heterocycles. The summed E-state index contributed by atoms with van der Waals surface area (Å²) in [6, 6.07) is 3.24. The van der Waals surface area contributed by atoms with Crippen molar-refractivity contribution in [3.05, 3.63) is 47.3 Å². The Morgan fingerprint density at radius 3 is 2.75 bits per heavy atom. The number of hydrogen-bond acceptors (Lipinski definition) is 2. The molecule has 84 valence electrons. The second-order valence-electron chi connectivity index (χ2n) is 3.48. The van der Waals surface area contributed by atoms with Gasteiger partial charge in [-0.15, -0.1) is 0 Å². The summed E-state index contributed by atoms with van der Waals surface area (Å²) in [5, 5.41) is 4.08. The lowest BCUT2D eigenvalue weighted by Crippen LogP contribution is -1.99. The van der Waals surface area contributed by atoms with E-state index in [4.69, 9.17) is 5.73 Å². The van der Waals surface area contributed by atoms with Gasteiger partial charge in [0.1, 0.15) is 17.3 Å². The maximum Gasteiger partial charge on any atom is 0.149 e. The fraction of sp³-hybridized carbons (Fsp3) is 0.182. The third-order valence-electron chi connectivity index (χ3n) is 2.38. The molecule has 0 saturated carbocycles. The highest BCUT2D eigenvalue weighted by atomic mass is 19.1. The Morgan fingerprint density at radius 1 is 1.38 bits per heavy atom. The van der Waals surface area contributed by atoms with Gasteiger partial charge in [-0.2, -0.15) is 5.10 Å². The van der Waals surface area contributed by atoms with Crippen LogP contribution in [0.25, 0.3) is 5.69 Å². The van der Waals surface area contributed by atoms with Crippen LogP contribution < -0.4 is 5.73 Å². The number of nitrogens with zero attached hydrogens (tertiary/aromatic N) is 2. The van der Waals surface area contributed by atoms with Crippen molar-refractivity contribution in [3.8, 4) is 5.69 Å². The van der Waals surface area contributed by atoms with Gasteiger partial charge in [0.15, 0.2) is 0 Å². The molecule has 0 amide bonds. The molecule has 5 heteroatoms. The summed E-state index contributed by atoms with van der Waals surface area (Å²) in [4.78, 5) is 0. The zero-order valence-electron chi connectivity index (χ0n) is 8.74. The van der Waals surface area contributed by atoms with Crippen molar-refractivity contribution >= 4 is 0 Å². The van der Waals surface area contributed by atoms with E-state index in [0.29, 0.717) is 12.2 Å². The predicted molar refractivity (Wildman–Crippen MR) is 56.1 cm³/mol. The first kappa shape index (κ1) is 10.8. The first-order valence-electron chi connectivity index (χ1n) is 4.82. The van der Waals surface area contributed by atoms with E-state index in [1.54, 1.807) is 13.1 Å². The molecule has 0 aliphatic heterocycles. The van der Waals surface area contributed by atoms with Crippen molar-refractivity contribution in [1.29, 1.82) is 0 Å². The van der Waals surface area contributed by atoms with Crippen molar-refractivity contribution in [2.45, 2.75) is 13.5 Å². The maximum atomic E-state index is 13.4. The Morgan fingerprint density at radius 2 is 2.12 bits per heavy atom. The fourth-order valence-corrected chi connectivity index (χ4v) is 1.48. The van der Waals surface area contributed by atoms with E-state index in [0.717, 1.165) is 23.8 Å². The Bertz CT molecular complexity index is 520. The Labute approximate surface area is 91.5 Å². The fourth-order valence-electron chi connectivity index (χ4n) is 1.48. The lowest BCUT2D eigenvalue weighted by atomic mass is 10.2. The van der Waals surface area contributed by atoms with Gasteiger partial charge in [0.05, 0.1) is 5.69 Å². The average Bonchev–Trinajstić information content (AvgIpc) is 2.63. The van der Waals surface area contributed by atoms with Crippen LogP contribution in [0.15, 0.2) is 24.4 Å². The summed E-state index contributed by atoms with van der Waals surface area (Å²) in [6.07, 6.45) is 1.60. The average molecular weight is 223 g/mol. The topological polar surface area (TPSA) is 43.8 Å². The Balaban J connectivity index is 2.53. The van der Waals surface area contributed by atoms with Crippen molar-refractivity contribution in [2.24, 2.45) is 5.73 Å². The van der Waals surface area contributed by atoms with Gasteiger partial charge in [0.2, 0.25) is 0 Å². The van der Waals surface area contributed by atoms with Gasteiger partial charge in [-0.05, 0) is 19.1 Å². The number of hydrogen-bond donors (Lipinski definition) is 1. The van der Waals surface area contributed by atoms with E-state index in [1.165, 1.54) is 4.68 Å². The van der Waals surface area contributed by atoms with E-state index >= 15 is 0 Å². The molecular weight excluding hydrogens is 212 g/mol. The molecule has 0 aliphatic carbocycles. The normalized spacial score (nSPS) is 10.8. The second-order valence-corrected chi connectivity index (χ2v) is 3.48. The Kier molecular flexibility index (Phi) is 2.70. The van der Waals surface area contributed by atoms with Crippen molar-refractivity contribution in [2.75, 3.05) is 0 Å². The summed E-state index contributed by atoms with van der Waals surface area (Å²) in [6.45, 7) is 2.10. The van der Waals surface area contributed by atoms with E-state index < -0.39 is 11.6 Å². The minimum atomic E-state index is -0.521. The summed E-state index contributed by atoms with van der Waals surface area (Å²) in [5.74, 6) is -1.02. The molecule has 0 atom stereocenters. The third-order valence-corrected chi connectivity index (χ3v) is 2.38. The number of nitrogens with two attached hydrogens (primary N) is 1. The highest BCUT2D eigenvalue weighted by Crippen LogP contribution is 2.16. The largest absolute Gasteiger partial charge is 0.326 e. The van der Waals surface area contributed by atoms with Crippen LogP contribution in [0.2, 0.25) is 0 Å². The van der Waals surface area contributed by atoms with Gasteiger partial charge >= 0.3 is 0 Å². The van der Waals surface area contributed by atoms with Gasteiger partial charge in [-0.1, -0.05) is 0 Å². The quantitative estimate of drug-likeness (QED) is 0.845. The molecule has 3 nitrogen and oxygen atoms in total. The van der Waals surface area contributed by atoms with Crippen LogP contribution in [-0.2, 0) is 6.54 Å². The summed E-state index contributed by atoms with van der Waals surface area (Å²) in [7, 11) is 0. The summed E-state index contributed by atoms with van der Waals surface area (Å²) in [5.41, 5.74) is 7.10.